The number of carbonyl (C=O) groups excluding carboxylic acids is 1. The van der Waals surface area contributed by atoms with Crippen molar-refractivity contribution in [2.75, 3.05) is 11.9 Å². The van der Waals surface area contributed by atoms with Gasteiger partial charge in [-0.1, -0.05) is 11.6 Å². The van der Waals surface area contributed by atoms with Crippen LogP contribution in [0.3, 0.4) is 0 Å². The minimum atomic E-state index is -3.01. The molecule has 20 heavy (non-hydrogen) atoms. The second-order valence-electron chi connectivity index (χ2n) is 4.58. The molecule has 0 radical (unpaired) electrons. The van der Waals surface area contributed by atoms with E-state index in [1.807, 2.05) is 0 Å². The quantitative estimate of drug-likeness (QED) is 0.836. The van der Waals surface area contributed by atoms with Crippen LogP contribution in [-0.2, 0) is 4.79 Å². The minimum absolute atomic E-state index is 0.0920. The number of halogens is 4. The molecule has 1 aromatic rings. The van der Waals surface area contributed by atoms with Gasteiger partial charge in [0.25, 0.3) is 0 Å². The lowest BCUT2D eigenvalue weighted by Gasteiger charge is -2.17. The SMILES string of the molecule is NCC1(C(=O)Nc2cc(Cl)cc(Br)c2OC(F)F)CC1. The average molecular weight is 370 g/mol. The van der Waals surface area contributed by atoms with E-state index in [-0.39, 0.29) is 33.4 Å². The molecule has 1 aliphatic rings. The molecule has 3 N–H and O–H groups in total. The van der Waals surface area contributed by atoms with Gasteiger partial charge in [-0.3, -0.25) is 4.79 Å². The Labute approximate surface area is 127 Å². The topological polar surface area (TPSA) is 64.4 Å². The molecular weight excluding hydrogens is 357 g/mol. The van der Waals surface area contributed by atoms with Crippen molar-refractivity contribution >= 4 is 39.1 Å². The molecule has 8 heteroatoms. The molecule has 0 unspecified atom stereocenters. The van der Waals surface area contributed by atoms with Crippen molar-refractivity contribution in [3.8, 4) is 5.75 Å². The highest BCUT2D eigenvalue weighted by atomic mass is 79.9. The van der Waals surface area contributed by atoms with Gasteiger partial charge >= 0.3 is 6.61 Å². The first-order chi connectivity index (χ1) is 9.38. The predicted molar refractivity (Wildman–Crippen MR) is 75.1 cm³/mol. The van der Waals surface area contributed by atoms with Gasteiger partial charge in [0.15, 0.2) is 5.75 Å². The number of nitrogens with one attached hydrogen (secondary N) is 1. The minimum Gasteiger partial charge on any atom is -0.431 e. The van der Waals surface area contributed by atoms with Gasteiger partial charge in [-0.2, -0.15) is 8.78 Å². The standard InChI is InChI=1S/C12H12BrClF2N2O2/c13-7-3-6(14)4-8(9(7)20-11(15)16)18-10(19)12(5-17)1-2-12/h3-4,11H,1-2,5,17H2,(H,18,19). The van der Waals surface area contributed by atoms with E-state index in [0.717, 1.165) is 0 Å². The summed E-state index contributed by atoms with van der Waals surface area (Å²) in [7, 11) is 0. The number of hydrogen-bond donors (Lipinski definition) is 2. The Kier molecular flexibility index (Phi) is 4.51. The predicted octanol–water partition coefficient (Wildman–Crippen LogP) is 3.38. The summed E-state index contributed by atoms with van der Waals surface area (Å²) in [6, 6.07) is 2.76. The first-order valence-electron chi connectivity index (χ1n) is 5.83. The largest absolute Gasteiger partial charge is 0.431 e. The molecule has 2 rings (SSSR count). The van der Waals surface area contributed by atoms with Gasteiger partial charge in [-0.05, 0) is 40.9 Å². The molecule has 0 aliphatic heterocycles. The summed E-state index contributed by atoms with van der Waals surface area (Å²) >= 11 is 8.94. The summed E-state index contributed by atoms with van der Waals surface area (Å²) in [5.74, 6) is -0.473. The third-order valence-corrected chi connectivity index (χ3v) is 4.00. The molecule has 1 saturated carbocycles. The fourth-order valence-corrected chi connectivity index (χ4v) is 2.70. The highest BCUT2D eigenvalue weighted by Crippen LogP contribution is 2.46. The van der Waals surface area contributed by atoms with E-state index in [2.05, 4.69) is 26.0 Å². The van der Waals surface area contributed by atoms with Crippen molar-refractivity contribution in [2.24, 2.45) is 11.1 Å². The normalized spacial score (nSPS) is 16.1. The van der Waals surface area contributed by atoms with Crippen molar-refractivity contribution in [3.63, 3.8) is 0 Å². The zero-order chi connectivity index (χ0) is 14.9. The van der Waals surface area contributed by atoms with E-state index in [1.165, 1.54) is 12.1 Å². The number of rotatable bonds is 5. The molecule has 110 valence electrons. The van der Waals surface area contributed by atoms with E-state index in [1.54, 1.807) is 0 Å². The van der Waals surface area contributed by atoms with Crippen molar-refractivity contribution in [2.45, 2.75) is 19.5 Å². The molecule has 0 atom stereocenters. The molecule has 0 saturated heterocycles. The lowest BCUT2D eigenvalue weighted by atomic mass is 10.1. The number of anilines is 1. The second-order valence-corrected chi connectivity index (χ2v) is 5.87. The number of alkyl halides is 2. The smallest absolute Gasteiger partial charge is 0.387 e. The lowest BCUT2D eigenvalue weighted by molar-refractivity contribution is -0.120. The summed E-state index contributed by atoms with van der Waals surface area (Å²) in [5.41, 5.74) is 5.05. The first kappa shape index (κ1) is 15.5. The second kappa shape index (κ2) is 5.83. The van der Waals surface area contributed by atoms with Gasteiger partial charge in [0, 0.05) is 11.6 Å². The molecule has 4 nitrogen and oxygen atoms in total. The number of nitrogens with two attached hydrogens (primary N) is 1. The zero-order valence-electron chi connectivity index (χ0n) is 10.3. The highest BCUT2D eigenvalue weighted by Gasteiger charge is 2.48. The van der Waals surface area contributed by atoms with Gasteiger partial charge in [0.2, 0.25) is 5.91 Å². The monoisotopic (exact) mass is 368 g/mol. The van der Waals surface area contributed by atoms with Gasteiger partial charge < -0.3 is 15.8 Å². The summed E-state index contributed by atoms with van der Waals surface area (Å²) in [6.45, 7) is -2.79. The van der Waals surface area contributed by atoms with E-state index < -0.39 is 12.0 Å². The van der Waals surface area contributed by atoms with E-state index >= 15 is 0 Å². The van der Waals surface area contributed by atoms with Crippen LogP contribution in [0, 0.1) is 5.41 Å². The number of benzene rings is 1. The highest BCUT2D eigenvalue weighted by molar-refractivity contribution is 9.10. The average Bonchev–Trinajstić information content (AvgIpc) is 3.14. The van der Waals surface area contributed by atoms with Crippen molar-refractivity contribution in [1.29, 1.82) is 0 Å². The molecule has 1 fully saturated rings. The van der Waals surface area contributed by atoms with Crippen LogP contribution < -0.4 is 15.8 Å². The molecule has 0 bridgehead atoms. The van der Waals surface area contributed by atoms with Crippen LogP contribution in [0.2, 0.25) is 5.02 Å². The Bertz CT molecular complexity index is 538. The third kappa shape index (κ3) is 3.21. The Morgan fingerprint density at radius 2 is 2.20 bits per heavy atom. The molecule has 0 heterocycles. The Balaban J connectivity index is 2.28. The Hall–Kier alpha value is -0.920. The zero-order valence-corrected chi connectivity index (χ0v) is 12.6. The summed E-state index contributed by atoms with van der Waals surface area (Å²) in [6.07, 6.45) is 1.37. The molecule has 0 aromatic heterocycles. The fourth-order valence-electron chi connectivity index (χ4n) is 1.79. The Morgan fingerprint density at radius 1 is 1.55 bits per heavy atom. The van der Waals surface area contributed by atoms with Crippen molar-refractivity contribution in [3.05, 3.63) is 21.6 Å². The molecule has 0 spiro atoms. The third-order valence-electron chi connectivity index (χ3n) is 3.19. The van der Waals surface area contributed by atoms with Crippen LogP contribution in [0.4, 0.5) is 14.5 Å². The summed E-state index contributed by atoms with van der Waals surface area (Å²) in [4.78, 5) is 12.1. The number of carbonyl (C=O) groups is 1. The van der Waals surface area contributed by atoms with Crippen LogP contribution in [-0.4, -0.2) is 19.1 Å². The molecule has 1 aliphatic carbocycles. The van der Waals surface area contributed by atoms with Crippen LogP contribution >= 0.6 is 27.5 Å². The van der Waals surface area contributed by atoms with E-state index in [9.17, 15) is 13.6 Å². The summed E-state index contributed by atoms with van der Waals surface area (Å²) < 4.78 is 29.5. The molecule has 1 amide bonds. The van der Waals surface area contributed by atoms with Gasteiger partial charge in [-0.25, -0.2) is 0 Å². The van der Waals surface area contributed by atoms with Gasteiger partial charge in [-0.15, -0.1) is 0 Å². The Morgan fingerprint density at radius 3 is 2.70 bits per heavy atom. The fraction of sp³-hybridized carbons (Fsp3) is 0.417. The van der Waals surface area contributed by atoms with Crippen LogP contribution in [0.25, 0.3) is 0 Å². The van der Waals surface area contributed by atoms with Crippen LogP contribution in [0.15, 0.2) is 16.6 Å². The van der Waals surface area contributed by atoms with Gasteiger partial charge in [0.05, 0.1) is 15.6 Å². The van der Waals surface area contributed by atoms with E-state index in [4.69, 9.17) is 17.3 Å². The maximum Gasteiger partial charge on any atom is 0.387 e. The van der Waals surface area contributed by atoms with Crippen LogP contribution in [0.5, 0.6) is 5.75 Å². The van der Waals surface area contributed by atoms with Gasteiger partial charge in [0.1, 0.15) is 0 Å². The number of ether oxygens (including phenoxy) is 1. The van der Waals surface area contributed by atoms with Crippen molar-refractivity contribution in [1.82, 2.24) is 0 Å². The molecule has 1 aromatic carbocycles. The maximum atomic E-state index is 12.4. The van der Waals surface area contributed by atoms with Crippen molar-refractivity contribution < 1.29 is 18.3 Å². The lowest BCUT2D eigenvalue weighted by Crippen LogP contribution is -2.31. The van der Waals surface area contributed by atoms with Crippen LogP contribution in [0.1, 0.15) is 12.8 Å². The first-order valence-corrected chi connectivity index (χ1v) is 7.00. The number of amides is 1. The van der Waals surface area contributed by atoms with E-state index in [0.29, 0.717) is 12.8 Å². The summed E-state index contributed by atoms with van der Waals surface area (Å²) in [5, 5.41) is 2.84. The number of hydrogen-bond acceptors (Lipinski definition) is 3. The molecular formula is C12H12BrClF2N2O2. The maximum absolute atomic E-state index is 12.4.